The number of piperidine rings is 1. The van der Waals surface area contributed by atoms with E-state index in [1.54, 1.807) is 12.1 Å². The summed E-state index contributed by atoms with van der Waals surface area (Å²) in [4.78, 5) is 25.7. The van der Waals surface area contributed by atoms with Crippen LogP contribution in [0.4, 0.5) is 0 Å². The second-order valence-electron chi connectivity index (χ2n) is 11.3. The molecule has 1 saturated heterocycles. The van der Waals surface area contributed by atoms with Gasteiger partial charge in [-0.05, 0) is 59.9 Å². The molecule has 3 atom stereocenters. The fourth-order valence-electron chi connectivity index (χ4n) is 6.69. The number of amides is 1. The number of ether oxygens (including phenoxy) is 1. The summed E-state index contributed by atoms with van der Waals surface area (Å²) in [6.07, 6.45) is 2.79. The number of likely N-dealkylation sites (tertiary alicyclic amines) is 1. The molecule has 3 aromatic carbocycles. The van der Waals surface area contributed by atoms with Gasteiger partial charge in [0.2, 0.25) is 0 Å². The number of carbonyl (C=O) groups excluding carboxylic acids is 2. The van der Waals surface area contributed by atoms with Gasteiger partial charge in [0, 0.05) is 30.4 Å². The molecule has 1 aliphatic carbocycles. The van der Waals surface area contributed by atoms with E-state index in [1.165, 1.54) is 6.92 Å². The maximum atomic E-state index is 13.3. The van der Waals surface area contributed by atoms with Crippen molar-refractivity contribution in [2.24, 2.45) is 0 Å². The van der Waals surface area contributed by atoms with E-state index in [-0.39, 0.29) is 23.7 Å². The molecule has 6 heteroatoms. The third-order valence-corrected chi connectivity index (χ3v) is 8.28. The fraction of sp³-hybridized carbons (Fsp3) is 0.400. The molecule has 5 rings (SSSR count). The molecule has 2 fully saturated rings. The summed E-state index contributed by atoms with van der Waals surface area (Å²) in [6, 6.07) is 21.1. The van der Waals surface area contributed by atoms with Gasteiger partial charge >= 0.3 is 5.97 Å². The van der Waals surface area contributed by atoms with Crippen molar-refractivity contribution in [1.29, 1.82) is 0 Å². The summed E-state index contributed by atoms with van der Waals surface area (Å²) in [5.41, 5.74) is 0.384. The zero-order chi connectivity index (χ0) is 25.6. The number of benzene rings is 3. The highest BCUT2D eigenvalue weighted by Gasteiger charge is 2.64. The van der Waals surface area contributed by atoms with Crippen molar-refractivity contribution in [3.63, 3.8) is 0 Å². The zero-order valence-electron chi connectivity index (χ0n) is 21.3. The number of carbonyl (C=O) groups is 2. The topological polar surface area (TPSA) is 75.6 Å². The molecule has 1 amide bonds. The monoisotopic (exact) mass is 487 g/mol. The first kappa shape index (κ1) is 24.3. The van der Waals surface area contributed by atoms with Gasteiger partial charge in [-0.25, -0.2) is 0 Å². The van der Waals surface area contributed by atoms with Crippen LogP contribution in [0.5, 0.6) is 5.75 Å². The van der Waals surface area contributed by atoms with Crippen LogP contribution in [0.2, 0.25) is 0 Å². The zero-order valence-corrected chi connectivity index (χ0v) is 21.3. The van der Waals surface area contributed by atoms with Crippen molar-refractivity contribution in [1.82, 2.24) is 5.32 Å². The van der Waals surface area contributed by atoms with Crippen LogP contribution in [0.3, 0.4) is 0 Å². The van der Waals surface area contributed by atoms with Crippen LogP contribution in [0.1, 0.15) is 48.5 Å². The number of phenols is 1. The average Bonchev–Trinajstić information content (AvgIpc) is 2.83. The van der Waals surface area contributed by atoms with Gasteiger partial charge in [-0.3, -0.25) is 9.59 Å². The molecule has 1 heterocycles. The molecule has 0 aromatic heterocycles. The lowest BCUT2D eigenvalue weighted by atomic mass is 9.54. The minimum atomic E-state index is -0.710. The molecule has 3 aromatic rings. The summed E-state index contributed by atoms with van der Waals surface area (Å²) in [5.74, 6) is -0.191. The van der Waals surface area contributed by atoms with Crippen molar-refractivity contribution in [3.05, 3.63) is 77.9 Å². The first-order valence-corrected chi connectivity index (χ1v) is 12.7. The Labute approximate surface area is 212 Å². The van der Waals surface area contributed by atoms with E-state index in [4.69, 9.17) is 4.74 Å². The van der Waals surface area contributed by atoms with Crippen LogP contribution < -0.4 is 5.32 Å². The molecule has 0 spiro atoms. The second kappa shape index (κ2) is 8.93. The Kier molecular flexibility index (Phi) is 6.03. The van der Waals surface area contributed by atoms with Crippen LogP contribution in [0, 0.1) is 0 Å². The summed E-state index contributed by atoms with van der Waals surface area (Å²) < 4.78 is 7.01. The number of likely N-dealkylation sites (N-methyl/N-ethyl adjacent to an activating group) is 1. The van der Waals surface area contributed by atoms with Gasteiger partial charge in [-0.15, -0.1) is 0 Å². The van der Waals surface area contributed by atoms with E-state index in [2.05, 4.69) is 19.4 Å². The molecular weight excluding hydrogens is 452 g/mol. The SMILES string of the molecule is CC(=O)O[C@]12CC[C@H](NC(=O)c3ccc4ccccc4c3)C[C@]1(c1cccc(O)c1)CC[N+](C)(C)C2. The number of hydrogen-bond donors (Lipinski definition) is 2. The van der Waals surface area contributed by atoms with E-state index >= 15 is 0 Å². The predicted molar refractivity (Wildman–Crippen MR) is 140 cm³/mol. The molecule has 0 unspecified atom stereocenters. The van der Waals surface area contributed by atoms with Crippen LogP contribution in [0.15, 0.2) is 66.7 Å². The van der Waals surface area contributed by atoms with Crippen LogP contribution in [-0.4, -0.2) is 60.3 Å². The number of fused-ring (bicyclic) bond motifs is 2. The number of rotatable bonds is 4. The molecule has 0 bridgehead atoms. The van der Waals surface area contributed by atoms with Crippen molar-refractivity contribution in [3.8, 4) is 5.75 Å². The van der Waals surface area contributed by atoms with Gasteiger partial charge in [0.1, 0.15) is 12.3 Å². The summed E-state index contributed by atoms with van der Waals surface area (Å²) in [5, 5.41) is 15.8. The van der Waals surface area contributed by atoms with Gasteiger partial charge in [0.05, 0.1) is 20.6 Å². The van der Waals surface area contributed by atoms with Gasteiger partial charge in [0.15, 0.2) is 5.60 Å². The van der Waals surface area contributed by atoms with Crippen molar-refractivity contribution < 1.29 is 23.9 Å². The molecule has 1 saturated carbocycles. The van der Waals surface area contributed by atoms with Gasteiger partial charge in [-0.1, -0.05) is 42.5 Å². The lowest BCUT2D eigenvalue weighted by Crippen LogP contribution is -2.71. The summed E-state index contributed by atoms with van der Waals surface area (Å²) in [7, 11) is 4.34. The molecule has 0 radical (unpaired) electrons. The van der Waals surface area contributed by atoms with E-state index in [0.717, 1.165) is 33.8 Å². The fourth-order valence-corrected chi connectivity index (χ4v) is 6.69. The Hall–Kier alpha value is -3.38. The smallest absolute Gasteiger partial charge is 0.303 e. The number of aromatic hydroxyl groups is 1. The highest BCUT2D eigenvalue weighted by molar-refractivity contribution is 5.98. The van der Waals surface area contributed by atoms with Gasteiger partial charge < -0.3 is 19.6 Å². The van der Waals surface area contributed by atoms with Crippen LogP contribution in [-0.2, 0) is 14.9 Å². The Morgan fingerprint density at radius 1 is 1.00 bits per heavy atom. The standard InChI is InChI=1S/C30H34N2O4/c1-21(33)36-30-14-13-26(31-28(35)24-12-11-22-7-4-5-8-23(22)17-24)19-29(30,15-16-32(2,3)20-30)25-9-6-10-27(34)18-25/h4-12,17-18,26H,13-16,19-20H2,1-3H3,(H-,31,34,35)/p+1/t26-,29-,30-/m0/s1. The van der Waals surface area contributed by atoms with Crippen LogP contribution >= 0.6 is 0 Å². The number of quaternary nitrogens is 1. The number of phenolic OH excluding ortho intramolecular Hbond substituents is 1. The summed E-state index contributed by atoms with van der Waals surface area (Å²) >= 11 is 0. The molecule has 1 aliphatic heterocycles. The Morgan fingerprint density at radius 2 is 1.78 bits per heavy atom. The Balaban J connectivity index is 1.49. The van der Waals surface area contributed by atoms with E-state index in [9.17, 15) is 14.7 Å². The third-order valence-electron chi connectivity index (χ3n) is 8.28. The largest absolute Gasteiger partial charge is 0.508 e. The Morgan fingerprint density at radius 3 is 2.53 bits per heavy atom. The highest BCUT2D eigenvalue weighted by Crippen LogP contribution is 2.54. The van der Waals surface area contributed by atoms with Gasteiger partial charge in [0.25, 0.3) is 5.91 Å². The first-order chi connectivity index (χ1) is 17.1. The Bertz CT molecular complexity index is 1320. The minimum absolute atomic E-state index is 0.0799. The highest BCUT2D eigenvalue weighted by atomic mass is 16.6. The lowest BCUT2D eigenvalue weighted by Gasteiger charge is -2.60. The number of esters is 1. The minimum Gasteiger partial charge on any atom is -0.508 e. The van der Waals surface area contributed by atoms with E-state index in [1.807, 2.05) is 54.6 Å². The lowest BCUT2D eigenvalue weighted by molar-refractivity contribution is -0.904. The van der Waals surface area contributed by atoms with Crippen molar-refractivity contribution in [2.75, 3.05) is 27.2 Å². The average molecular weight is 488 g/mol. The molecular formula is C30H35N2O4+. The van der Waals surface area contributed by atoms with Gasteiger partial charge in [-0.2, -0.15) is 0 Å². The maximum Gasteiger partial charge on any atom is 0.303 e. The van der Waals surface area contributed by atoms with Crippen molar-refractivity contribution in [2.45, 2.75) is 49.7 Å². The van der Waals surface area contributed by atoms with E-state index in [0.29, 0.717) is 31.4 Å². The second-order valence-corrected chi connectivity index (χ2v) is 11.3. The van der Waals surface area contributed by atoms with E-state index < -0.39 is 11.0 Å². The third kappa shape index (κ3) is 4.35. The quantitative estimate of drug-likeness (QED) is 0.418. The molecule has 6 nitrogen and oxygen atoms in total. The number of hydrogen-bond acceptors (Lipinski definition) is 4. The number of nitrogens with zero attached hydrogens (tertiary/aromatic N) is 1. The molecule has 2 aliphatic rings. The van der Waals surface area contributed by atoms with Crippen molar-refractivity contribution >= 4 is 22.6 Å². The predicted octanol–water partition coefficient (Wildman–Crippen LogP) is 4.55. The van der Waals surface area contributed by atoms with Crippen LogP contribution in [0.25, 0.3) is 10.8 Å². The molecule has 36 heavy (non-hydrogen) atoms. The maximum absolute atomic E-state index is 13.3. The summed E-state index contributed by atoms with van der Waals surface area (Å²) in [6.45, 7) is 3.07. The number of nitrogens with one attached hydrogen (secondary N) is 1. The normalized spacial score (nSPS) is 27.1. The first-order valence-electron chi connectivity index (χ1n) is 12.7. The molecule has 2 N–H and O–H groups in total. The molecule has 188 valence electrons.